The zero-order valence-electron chi connectivity index (χ0n) is 8.31. The van der Waals surface area contributed by atoms with E-state index in [1.165, 1.54) is 31.3 Å². The second-order valence-electron chi connectivity index (χ2n) is 3.91. The highest BCUT2D eigenvalue weighted by Gasteiger charge is 2.11. The van der Waals surface area contributed by atoms with Crippen LogP contribution in [0.3, 0.4) is 0 Å². The SMILES string of the molecule is CC(C)=CCCC1CCOCC1. The average molecular weight is 168 g/mol. The Hall–Kier alpha value is -0.300. The van der Waals surface area contributed by atoms with E-state index in [4.69, 9.17) is 4.74 Å². The van der Waals surface area contributed by atoms with Crippen LogP contribution in [0.5, 0.6) is 0 Å². The van der Waals surface area contributed by atoms with Crippen LogP contribution >= 0.6 is 0 Å². The van der Waals surface area contributed by atoms with Gasteiger partial charge < -0.3 is 4.74 Å². The van der Waals surface area contributed by atoms with Gasteiger partial charge >= 0.3 is 0 Å². The molecule has 0 radical (unpaired) electrons. The third-order valence-corrected chi connectivity index (χ3v) is 2.47. The predicted molar refractivity (Wildman–Crippen MR) is 52.2 cm³/mol. The van der Waals surface area contributed by atoms with E-state index in [-0.39, 0.29) is 0 Å². The maximum absolute atomic E-state index is 5.31. The molecule has 1 nitrogen and oxygen atoms in total. The lowest BCUT2D eigenvalue weighted by Crippen LogP contribution is -2.15. The number of allylic oxidation sites excluding steroid dienone is 2. The Kier molecular flexibility index (Phi) is 4.37. The minimum atomic E-state index is 0.925. The second kappa shape index (κ2) is 5.36. The lowest BCUT2D eigenvalue weighted by atomic mass is 9.94. The van der Waals surface area contributed by atoms with Crippen LogP contribution in [-0.2, 0) is 4.74 Å². The summed E-state index contributed by atoms with van der Waals surface area (Å²) < 4.78 is 5.31. The van der Waals surface area contributed by atoms with E-state index in [1.54, 1.807) is 0 Å². The highest BCUT2D eigenvalue weighted by Crippen LogP contribution is 2.20. The van der Waals surface area contributed by atoms with Crippen molar-refractivity contribution in [2.75, 3.05) is 13.2 Å². The van der Waals surface area contributed by atoms with Crippen LogP contribution in [0.4, 0.5) is 0 Å². The maximum atomic E-state index is 5.31. The molecule has 1 aliphatic heterocycles. The van der Waals surface area contributed by atoms with E-state index in [1.807, 2.05) is 0 Å². The fourth-order valence-electron chi connectivity index (χ4n) is 1.64. The van der Waals surface area contributed by atoms with Gasteiger partial charge in [-0.1, -0.05) is 11.6 Å². The van der Waals surface area contributed by atoms with Gasteiger partial charge in [-0.05, 0) is 45.4 Å². The van der Waals surface area contributed by atoms with Crippen LogP contribution < -0.4 is 0 Å². The minimum Gasteiger partial charge on any atom is -0.381 e. The van der Waals surface area contributed by atoms with E-state index in [0.717, 1.165) is 19.1 Å². The number of ether oxygens (including phenoxy) is 1. The van der Waals surface area contributed by atoms with Gasteiger partial charge in [0.2, 0.25) is 0 Å². The number of rotatable bonds is 3. The molecule has 1 aliphatic rings. The first-order chi connectivity index (χ1) is 5.79. The van der Waals surface area contributed by atoms with Crippen molar-refractivity contribution < 1.29 is 4.74 Å². The molecule has 0 atom stereocenters. The Morgan fingerprint density at radius 1 is 1.33 bits per heavy atom. The van der Waals surface area contributed by atoms with Crippen molar-refractivity contribution in [3.05, 3.63) is 11.6 Å². The summed E-state index contributed by atoms with van der Waals surface area (Å²) in [5.41, 5.74) is 1.45. The van der Waals surface area contributed by atoms with Gasteiger partial charge in [0, 0.05) is 13.2 Å². The van der Waals surface area contributed by atoms with Crippen LogP contribution in [0.2, 0.25) is 0 Å². The van der Waals surface area contributed by atoms with Crippen LogP contribution in [0.1, 0.15) is 39.5 Å². The molecule has 1 rings (SSSR count). The van der Waals surface area contributed by atoms with Crippen molar-refractivity contribution in [2.45, 2.75) is 39.5 Å². The molecule has 0 saturated carbocycles. The summed E-state index contributed by atoms with van der Waals surface area (Å²) in [7, 11) is 0. The summed E-state index contributed by atoms with van der Waals surface area (Å²) in [6.45, 7) is 6.31. The molecule has 0 aromatic rings. The van der Waals surface area contributed by atoms with Crippen molar-refractivity contribution in [2.24, 2.45) is 5.92 Å². The average Bonchev–Trinajstić information content (AvgIpc) is 2.05. The Morgan fingerprint density at radius 2 is 2.00 bits per heavy atom. The highest BCUT2D eigenvalue weighted by atomic mass is 16.5. The Balaban J connectivity index is 2.09. The topological polar surface area (TPSA) is 9.23 Å². The highest BCUT2D eigenvalue weighted by molar-refractivity contribution is 4.92. The minimum absolute atomic E-state index is 0.925. The van der Waals surface area contributed by atoms with Gasteiger partial charge in [0.15, 0.2) is 0 Å². The smallest absolute Gasteiger partial charge is 0.0468 e. The molecular weight excluding hydrogens is 148 g/mol. The van der Waals surface area contributed by atoms with E-state index in [2.05, 4.69) is 19.9 Å². The number of hydrogen-bond acceptors (Lipinski definition) is 1. The Labute approximate surface area is 75.8 Å². The Bertz CT molecular complexity index is 139. The van der Waals surface area contributed by atoms with E-state index in [9.17, 15) is 0 Å². The van der Waals surface area contributed by atoms with Crippen LogP contribution in [0.25, 0.3) is 0 Å². The number of hydrogen-bond donors (Lipinski definition) is 0. The third kappa shape index (κ3) is 3.91. The molecule has 0 unspecified atom stereocenters. The molecule has 1 saturated heterocycles. The lowest BCUT2D eigenvalue weighted by molar-refractivity contribution is 0.0642. The molecule has 1 heterocycles. The Morgan fingerprint density at radius 3 is 2.58 bits per heavy atom. The van der Waals surface area contributed by atoms with Crippen molar-refractivity contribution in [3.8, 4) is 0 Å². The van der Waals surface area contributed by atoms with Crippen molar-refractivity contribution in [1.29, 1.82) is 0 Å². The van der Waals surface area contributed by atoms with Crippen LogP contribution in [0, 0.1) is 5.92 Å². The summed E-state index contributed by atoms with van der Waals surface area (Å²) in [5, 5.41) is 0. The molecule has 1 fully saturated rings. The quantitative estimate of drug-likeness (QED) is 0.588. The third-order valence-electron chi connectivity index (χ3n) is 2.47. The first kappa shape index (κ1) is 9.79. The van der Waals surface area contributed by atoms with Crippen LogP contribution in [-0.4, -0.2) is 13.2 Å². The molecular formula is C11H20O. The molecule has 1 heteroatoms. The fraction of sp³-hybridized carbons (Fsp3) is 0.818. The molecule has 0 aliphatic carbocycles. The molecule has 12 heavy (non-hydrogen) atoms. The molecule has 70 valence electrons. The zero-order chi connectivity index (χ0) is 8.81. The largest absolute Gasteiger partial charge is 0.381 e. The molecule has 0 spiro atoms. The molecule has 0 amide bonds. The predicted octanol–water partition coefficient (Wildman–Crippen LogP) is 3.16. The van der Waals surface area contributed by atoms with Gasteiger partial charge in [-0.15, -0.1) is 0 Å². The zero-order valence-corrected chi connectivity index (χ0v) is 8.31. The van der Waals surface area contributed by atoms with Crippen molar-refractivity contribution >= 4 is 0 Å². The summed E-state index contributed by atoms with van der Waals surface area (Å²) in [6.07, 6.45) is 7.50. The molecule has 0 N–H and O–H groups in total. The van der Waals surface area contributed by atoms with Crippen molar-refractivity contribution in [1.82, 2.24) is 0 Å². The van der Waals surface area contributed by atoms with Gasteiger partial charge in [-0.2, -0.15) is 0 Å². The standard InChI is InChI=1S/C11H20O/c1-10(2)4-3-5-11-6-8-12-9-7-11/h4,11H,3,5-9H2,1-2H3. The normalized spacial score (nSPS) is 19.2. The van der Waals surface area contributed by atoms with Crippen LogP contribution in [0.15, 0.2) is 11.6 Å². The van der Waals surface area contributed by atoms with E-state index >= 15 is 0 Å². The fourth-order valence-corrected chi connectivity index (χ4v) is 1.64. The van der Waals surface area contributed by atoms with Gasteiger partial charge in [0.1, 0.15) is 0 Å². The van der Waals surface area contributed by atoms with Crippen molar-refractivity contribution in [3.63, 3.8) is 0 Å². The van der Waals surface area contributed by atoms with Gasteiger partial charge in [0.25, 0.3) is 0 Å². The summed E-state index contributed by atoms with van der Waals surface area (Å²) in [4.78, 5) is 0. The summed E-state index contributed by atoms with van der Waals surface area (Å²) in [6, 6.07) is 0. The van der Waals surface area contributed by atoms with Gasteiger partial charge in [-0.25, -0.2) is 0 Å². The summed E-state index contributed by atoms with van der Waals surface area (Å²) in [5.74, 6) is 0.925. The summed E-state index contributed by atoms with van der Waals surface area (Å²) >= 11 is 0. The monoisotopic (exact) mass is 168 g/mol. The molecule has 0 aromatic carbocycles. The lowest BCUT2D eigenvalue weighted by Gasteiger charge is -2.21. The van der Waals surface area contributed by atoms with E-state index in [0.29, 0.717) is 0 Å². The van der Waals surface area contributed by atoms with E-state index < -0.39 is 0 Å². The second-order valence-corrected chi connectivity index (χ2v) is 3.91. The first-order valence-electron chi connectivity index (χ1n) is 5.00. The molecule has 0 bridgehead atoms. The van der Waals surface area contributed by atoms with Gasteiger partial charge in [-0.3, -0.25) is 0 Å². The maximum Gasteiger partial charge on any atom is 0.0468 e. The van der Waals surface area contributed by atoms with Gasteiger partial charge in [0.05, 0.1) is 0 Å². The first-order valence-corrected chi connectivity index (χ1v) is 5.00. The molecule has 0 aromatic heterocycles.